The number of aliphatic hydroxyl groups excluding tert-OH is 1. The number of piperazine rings is 2. The van der Waals surface area contributed by atoms with Crippen molar-refractivity contribution in [3.05, 3.63) is 0 Å². The summed E-state index contributed by atoms with van der Waals surface area (Å²) in [6.45, 7) is 11.4. The van der Waals surface area contributed by atoms with Gasteiger partial charge in [0.1, 0.15) is 0 Å². The first-order valence-electron chi connectivity index (χ1n) is 7.19. The van der Waals surface area contributed by atoms with Crippen LogP contribution in [0.5, 0.6) is 0 Å². The topological polar surface area (TPSA) is 42.0 Å². The zero-order chi connectivity index (χ0) is 13.0. The van der Waals surface area contributed by atoms with Crippen LogP contribution in [0, 0.1) is 0 Å². The second-order valence-electron chi connectivity index (χ2n) is 5.81. The summed E-state index contributed by atoms with van der Waals surface area (Å²) in [5.41, 5.74) is 0. The van der Waals surface area contributed by atoms with Gasteiger partial charge in [-0.2, -0.15) is 0 Å². The smallest absolute Gasteiger partial charge is 0.0793 e. The van der Waals surface area contributed by atoms with Gasteiger partial charge < -0.3 is 15.3 Å². The second-order valence-corrected chi connectivity index (χ2v) is 5.81. The zero-order valence-corrected chi connectivity index (χ0v) is 11.8. The van der Waals surface area contributed by atoms with Gasteiger partial charge in [0.2, 0.25) is 0 Å². The van der Waals surface area contributed by atoms with Crippen LogP contribution in [0.4, 0.5) is 0 Å². The summed E-state index contributed by atoms with van der Waals surface area (Å²) in [5, 5.41) is 13.6. The molecule has 0 aromatic rings. The molecule has 2 aliphatic heterocycles. The SMILES string of the molecule is CC1CN(C)CCN1CC(O)CN1CCNCC1. The van der Waals surface area contributed by atoms with Crippen molar-refractivity contribution < 1.29 is 5.11 Å². The fraction of sp³-hybridized carbons (Fsp3) is 1.00. The highest BCUT2D eigenvalue weighted by Gasteiger charge is 2.24. The fourth-order valence-corrected chi connectivity index (χ4v) is 2.97. The Morgan fingerprint density at radius 2 is 1.89 bits per heavy atom. The highest BCUT2D eigenvalue weighted by molar-refractivity contribution is 4.80. The fourth-order valence-electron chi connectivity index (χ4n) is 2.97. The van der Waals surface area contributed by atoms with Gasteiger partial charge in [-0.25, -0.2) is 0 Å². The molecule has 0 saturated carbocycles. The molecule has 0 spiro atoms. The molecule has 18 heavy (non-hydrogen) atoms. The van der Waals surface area contributed by atoms with Crippen LogP contribution in [0.25, 0.3) is 0 Å². The van der Waals surface area contributed by atoms with Crippen LogP contribution in [0.15, 0.2) is 0 Å². The third-order valence-corrected chi connectivity index (χ3v) is 4.09. The van der Waals surface area contributed by atoms with E-state index in [2.05, 4.69) is 34.0 Å². The average molecular weight is 256 g/mol. The molecule has 0 aromatic heterocycles. The molecule has 0 bridgehead atoms. The first-order valence-corrected chi connectivity index (χ1v) is 7.19. The average Bonchev–Trinajstić information content (AvgIpc) is 2.34. The molecule has 0 radical (unpaired) electrons. The van der Waals surface area contributed by atoms with Crippen LogP contribution in [-0.4, -0.2) is 97.9 Å². The normalized spacial score (nSPS) is 30.5. The Morgan fingerprint density at radius 1 is 1.17 bits per heavy atom. The third-order valence-electron chi connectivity index (χ3n) is 4.09. The minimum Gasteiger partial charge on any atom is -0.390 e. The second kappa shape index (κ2) is 6.82. The maximum absolute atomic E-state index is 10.2. The van der Waals surface area contributed by atoms with E-state index in [0.717, 1.165) is 58.9 Å². The number of likely N-dealkylation sites (N-methyl/N-ethyl adjacent to an activating group) is 1. The van der Waals surface area contributed by atoms with Gasteiger partial charge >= 0.3 is 0 Å². The molecular formula is C13H28N4O. The van der Waals surface area contributed by atoms with Crippen molar-refractivity contribution in [2.45, 2.75) is 19.1 Å². The summed E-state index contributed by atoms with van der Waals surface area (Å²) in [7, 11) is 2.17. The Hall–Kier alpha value is -0.200. The van der Waals surface area contributed by atoms with Crippen molar-refractivity contribution >= 4 is 0 Å². The number of nitrogens with zero attached hydrogens (tertiary/aromatic N) is 3. The standard InChI is InChI=1S/C13H28N4O/c1-12-9-15(2)7-8-17(12)11-13(18)10-16-5-3-14-4-6-16/h12-14,18H,3-11H2,1-2H3. The van der Waals surface area contributed by atoms with Crippen LogP contribution in [0.1, 0.15) is 6.92 Å². The van der Waals surface area contributed by atoms with Crippen molar-refractivity contribution in [3.63, 3.8) is 0 Å². The van der Waals surface area contributed by atoms with E-state index in [1.54, 1.807) is 0 Å². The minimum absolute atomic E-state index is 0.214. The molecular weight excluding hydrogens is 228 g/mol. The molecule has 0 amide bonds. The monoisotopic (exact) mass is 256 g/mol. The lowest BCUT2D eigenvalue weighted by molar-refractivity contribution is 0.0293. The molecule has 106 valence electrons. The molecule has 2 saturated heterocycles. The van der Waals surface area contributed by atoms with Crippen molar-refractivity contribution in [2.75, 3.05) is 66.0 Å². The Bertz CT molecular complexity index is 245. The Balaban J connectivity index is 1.71. The van der Waals surface area contributed by atoms with Crippen LogP contribution in [0.2, 0.25) is 0 Å². The van der Waals surface area contributed by atoms with Gasteiger partial charge in [-0.3, -0.25) is 9.80 Å². The highest BCUT2D eigenvalue weighted by atomic mass is 16.3. The minimum atomic E-state index is -0.214. The zero-order valence-electron chi connectivity index (χ0n) is 11.8. The molecule has 5 nitrogen and oxygen atoms in total. The van der Waals surface area contributed by atoms with E-state index >= 15 is 0 Å². The predicted molar refractivity (Wildman–Crippen MR) is 73.8 cm³/mol. The summed E-state index contributed by atoms with van der Waals surface area (Å²) in [6.07, 6.45) is -0.214. The molecule has 2 N–H and O–H groups in total. The van der Waals surface area contributed by atoms with Gasteiger partial charge in [-0.05, 0) is 14.0 Å². The van der Waals surface area contributed by atoms with E-state index < -0.39 is 0 Å². The van der Waals surface area contributed by atoms with E-state index in [1.165, 1.54) is 0 Å². The van der Waals surface area contributed by atoms with E-state index in [-0.39, 0.29) is 6.10 Å². The Kier molecular flexibility index (Phi) is 5.38. The van der Waals surface area contributed by atoms with Crippen molar-refractivity contribution in [1.29, 1.82) is 0 Å². The van der Waals surface area contributed by atoms with E-state index in [4.69, 9.17) is 0 Å². The molecule has 0 aliphatic carbocycles. The molecule has 2 atom stereocenters. The first kappa shape index (κ1) is 14.2. The molecule has 2 aliphatic rings. The van der Waals surface area contributed by atoms with Crippen molar-refractivity contribution in [2.24, 2.45) is 0 Å². The van der Waals surface area contributed by atoms with Gasteiger partial charge in [0.15, 0.2) is 0 Å². The number of rotatable bonds is 4. The summed E-state index contributed by atoms with van der Waals surface area (Å²) >= 11 is 0. The van der Waals surface area contributed by atoms with E-state index in [1.807, 2.05) is 0 Å². The largest absolute Gasteiger partial charge is 0.390 e. The van der Waals surface area contributed by atoms with Crippen LogP contribution >= 0.6 is 0 Å². The lowest BCUT2D eigenvalue weighted by atomic mass is 10.1. The summed E-state index contributed by atoms with van der Waals surface area (Å²) in [4.78, 5) is 7.15. The number of hydrogen-bond donors (Lipinski definition) is 2. The van der Waals surface area contributed by atoms with E-state index in [0.29, 0.717) is 6.04 Å². The molecule has 2 rings (SSSR count). The number of nitrogens with one attached hydrogen (secondary N) is 1. The first-order chi connectivity index (χ1) is 8.65. The quantitative estimate of drug-likeness (QED) is 0.668. The lowest BCUT2D eigenvalue weighted by Crippen LogP contribution is -2.54. The Morgan fingerprint density at radius 3 is 2.56 bits per heavy atom. The van der Waals surface area contributed by atoms with Gasteiger partial charge in [0, 0.05) is 64.9 Å². The molecule has 5 heteroatoms. The molecule has 2 heterocycles. The molecule has 2 unspecified atom stereocenters. The summed E-state index contributed by atoms with van der Waals surface area (Å²) < 4.78 is 0. The number of aliphatic hydroxyl groups is 1. The number of hydrogen-bond acceptors (Lipinski definition) is 5. The summed E-state index contributed by atoms with van der Waals surface area (Å²) in [6, 6.07) is 0.557. The van der Waals surface area contributed by atoms with Crippen molar-refractivity contribution in [1.82, 2.24) is 20.0 Å². The third kappa shape index (κ3) is 4.17. The number of β-amino-alcohol motifs (C(OH)–C–C–N with tert-alkyl or cyclic N) is 1. The van der Waals surface area contributed by atoms with Gasteiger partial charge in [0.25, 0.3) is 0 Å². The maximum atomic E-state index is 10.2. The van der Waals surface area contributed by atoms with Gasteiger partial charge in [-0.15, -0.1) is 0 Å². The van der Waals surface area contributed by atoms with Gasteiger partial charge in [0.05, 0.1) is 6.10 Å². The van der Waals surface area contributed by atoms with E-state index in [9.17, 15) is 5.11 Å². The maximum Gasteiger partial charge on any atom is 0.0793 e. The van der Waals surface area contributed by atoms with Crippen LogP contribution < -0.4 is 5.32 Å². The van der Waals surface area contributed by atoms with Crippen LogP contribution in [-0.2, 0) is 0 Å². The van der Waals surface area contributed by atoms with Crippen LogP contribution in [0.3, 0.4) is 0 Å². The summed E-state index contributed by atoms with van der Waals surface area (Å²) in [5.74, 6) is 0. The Labute approximate surface area is 111 Å². The molecule has 2 fully saturated rings. The lowest BCUT2D eigenvalue weighted by Gasteiger charge is -2.40. The predicted octanol–water partition coefficient (Wildman–Crippen LogP) is -1.11. The van der Waals surface area contributed by atoms with Gasteiger partial charge in [-0.1, -0.05) is 0 Å². The molecule has 0 aromatic carbocycles. The highest BCUT2D eigenvalue weighted by Crippen LogP contribution is 2.09. The van der Waals surface area contributed by atoms with Crippen molar-refractivity contribution in [3.8, 4) is 0 Å².